The van der Waals surface area contributed by atoms with Gasteiger partial charge in [-0.2, -0.15) is 13.2 Å². The van der Waals surface area contributed by atoms with Crippen LogP contribution in [-0.2, 0) is 0 Å². The maximum atomic E-state index is 12.4. The molecule has 0 aliphatic carbocycles. The number of phenols is 1. The Balaban J connectivity index is 2.95. The van der Waals surface area contributed by atoms with Gasteiger partial charge >= 0.3 is 6.18 Å². The number of hydrogen-bond acceptors (Lipinski definition) is 3. The van der Waals surface area contributed by atoms with Gasteiger partial charge < -0.3 is 15.7 Å². The van der Waals surface area contributed by atoms with E-state index >= 15 is 0 Å². The second-order valence-electron chi connectivity index (χ2n) is 4.12. The quantitative estimate of drug-likeness (QED) is 0.655. The minimum Gasteiger partial charge on any atom is -0.506 e. The van der Waals surface area contributed by atoms with E-state index in [0.29, 0.717) is 11.3 Å². The van der Waals surface area contributed by atoms with Crippen molar-refractivity contribution in [3.8, 4) is 5.75 Å². The molecule has 1 aromatic rings. The number of nitrogens with two attached hydrogens (primary N) is 1. The van der Waals surface area contributed by atoms with Gasteiger partial charge in [0.05, 0.1) is 5.69 Å². The van der Waals surface area contributed by atoms with Crippen molar-refractivity contribution in [2.45, 2.75) is 19.5 Å². The molecule has 1 aromatic carbocycles. The van der Waals surface area contributed by atoms with Gasteiger partial charge in [0.25, 0.3) is 5.91 Å². The Bertz CT molecular complexity index is 461. The van der Waals surface area contributed by atoms with Crippen LogP contribution in [-0.4, -0.2) is 35.2 Å². The molecule has 0 bridgehead atoms. The number of amides is 1. The van der Waals surface area contributed by atoms with E-state index in [1.54, 1.807) is 6.92 Å². The van der Waals surface area contributed by atoms with E-state index in [1.807, 2.05) is 0 Å². The molecule has 0 atom stereocenters. The highest BCUT2D eigenvalue weighted by Gasteiger charge is 2.33. The largest absolute Gasteiger partial charge is 0.506 e. The molecule has 1 amide bonds. The van der Waals surface area contributed by atoms with E-state index in [9.17, 15) is 23.1 Å². The highest BCUT2D eigenvalue weighted by molar-refractivity contribution is 5.95. The Kier molecular flexibility index (Phi) is 4.63. The van der Waals surface area contributed by atoms with Gasteiger partial charge in [-0.05, 0) is 24.6 Å². The number of anilines is 1. The summed E-state index contributed by atoms with van der Waals surface area (Å²) in [6, 6.07) is 3.63. The Labute approximate surface area is 108 Å². The maximum absolute atomic E-state index is 12.4. The molecule has 0 fully saturated rings. The van der Waals surface area contributed by atoms with Crippen molar-refractivity contribution in [3.05, 3.63) is 23.8 Å². The standard InChI is InChI=1S/C12H15F3N2O2/c1-2-5-17(7-12(13,14)15)11(19)8-3-4-9(16)10(18)6-8/h3-4,6,18H,2,5,7,16H2,1H3. The topological polar surface area (TPSA) is 66.6 Å². The number of nitrogens with zero attached hydrogens (tertiary/aromatic N) is 1. The molecule has 0 radical (unpaired) electrons. The first-order valence-electron chi connectivity index (χ1n) is 5.69. The first-order valence-corrected chi connectivity index (χ1v) is 5.69. The summed E-state index contributed by atoms with van der Waals surface area (Å²) in [5.74, 6) is -1.11. The van der Waals surface area contributed by atoms with Gasteiger partial charge in [0, 0.05) is 12.1 Å². The zero-order valence-corrected chi connectivity index (χ0v) is 10.4. The Morgan fingerprint density at radius 2 is 2.05 bits per heavy atom. The van der Waals surface area contributed by atoms with E-state index in [1.165, 1.54) is 12.1 Å². The normalized spacial score (nSPS) is 11.4. The highest BCUT2D eigenvalue weighted by atomic mass is 19.4. The maximum Gasteiger partial charge on any atom is 0.406 e. The average Bonchev–Trinajstić information content (AvgIpc) is 2.29. The summed E-state index contributed by atoms with van der Waals surface area (Å²) in [5, 5.41) is 9.38. The van der Waals surface area contributed by atoms with Crippen LogP contribution < -0.4 is 5.73 Å². The molecule has 0 aromatic heterocycles. The number of nitrogen functional groups attached to an aromatic ring is 1. The van der Waals surface area contributed by atoms with Gasteiger partial charge in [-0.25, -0.2) is 0 Å². The lowest BCUT2D eigenvalue weighted by Crippen LogP contribution is -2.39. The molecule has 0 aliphatic heterocycles. The summed E-state index contributed by atoms with van der Waals surface area (Å²) in [4.78, 5) is 12.6. The van der Waals surface area contributed by atoms with Crippen LogP contribution in [0, 0.1) is 0 Å². The van der Waals surface area contributed by atoms with Gasteiger partial charge in [0.2, 0.25) is 0 Å². The molecule has 0 heterocycles. The van der Waals surface area contributed by atoms with E-state index in [2.05, 4.69) is 0 Å². The van der Waals surface area contributed by atoms with Gasteiger partial charge in [-0.15, -0.1) is 0 Å². The number of carbonyl (C=O) groups excluding carboxylic acids is 1. The smallest absolute Gasteiger partial charge is 0.406 e. The van der Waals surface area contributed by atoms with Crippen LogP contribution in [0.4, 0.5) is 18.9 Å². The van der Waals surface area contributed by atoms with E-state index in [-0.39, 0.29) is 23.5 Å². The van der Waals surface area contributed by atoms with Gasteiger partial charge in [-0.1, -0.05) is 6.92 Å². The van der Waals surface area contributed by atoms with Crippen molar-refractivity contribution in [1.82, 2.24) is 4.90 Å². The molecule has 0 saturated carbocycles. The summed E-state index contributed by atoms with van der Waals surface area (Å²) in [7, 11) is 0. The molecule has 0 saturated heterocycles. The van der Waals surface area contributed by atoms with E-state index < -0.39 is 18.6 Å². The molecule has 19 heavy (non-hydrogen) atoms. The number of alkyl halides is 3. The molecular formula is C12H15F3N2O2. The molecular weight excluding hydrogens is 261 g/mol. The van der Waals surface area contributed by atoms with Crippen molar-refractivity contribution in [3.63, 3.8) is 0 Å². The van der Waals surface area contributed by atoms with Crippen molar-refractivity contribution >= 4 is 11.6 Å². The van der Waals surface area contributed by atoms with Crippen LogP contribution in [0.1, 0.15) is 23.7 Å². The second-order valence-corrected chi connectivity index (χ2v) is 4.12. The van der Waals surface area contributed by atoms with E-state index in [4.69, 9.17) is 5.73 Å². The van der Waals surface area contributed by atoms with Crippen LogP contribution in [0.2, 0.25) is 0 Å². The summed E-state index contributed by atoms with van der Waals surface area (Å²) in [6.07, 6.45) is -4.05. The average molecular weight is 276 g/mol. The first-order chi connectivity index (χ1) is 8.74. The van der Waals surface area contributed by atoms with Crippen LogP contribution in [0.15, 0.2) is 18.2 Å². The Hall–Kier alpha value is -1.92. The fourth-order valence-corrected chi connectivity index (χ4v) is 1.60. The number of carbonyl (C=O) groups is 1. The zero-order valence-electron chi connectivity index (χ0n) is 10.4. The molecule has 0 aliphatic rings. The fourth-order valence-electron chi connectivity index (χ4n) is 1.60. The zero-order chi connectivity index (χ0) is 14.6. The number of benzene rings is 1. The number of halogens is 3. The predicted octanol–water partition coefficient (Wildman–Crippen LogP) is 2.39. The lowest BCUT2D eigenvalue weighted by Gasteiger charge is -2.23. The van der Waals surface area contributed by atoms with Crippen LogP contribution >= 0.6 is 0 Å². The molecule has 4 nitrogen and oxygen atoms in total. The van der Waals surface area contributed by atoms with Crippen molar-refractivity contribution in [2.24, 2.45) is 0 Å². The van der Waals surface area contributed by atoms with Gasteiger partial charge in [-0.3, -0.25) is 4.79 Å². The third-order valence-electron chi connectivity index (χ3n) is 2.43. The summed E-state index contributed by atoms with van der Waals surface area (Å²) in [5.41, 5.74) is 5.41. The number of hydrogen-bond donors (Lipinski definition) is 2. The molecule has 1 rings (SSSR count). The molecule has 0 unspecified atom stereocenters. The first kappa shape index (κ1) is 15.1. The molecule has 7 heteroatoms. The van der Waals surface area contributed by atoms with Gasteiger partial charge in [0.15, 0.2) is 0 Å². The Morgan fingerprint density at radius 3 is 2.53 bits per heavy atom. The number of rotatable bonds is 4. The predicted molar refractivity (Wildman–Crippen MR) is 64.8 cm³/mol. The van der Waals surface area contributed by atoms with Gasteiger partial charge in [0.1, 0.15) is 12.3 Å². The molecule has 3 N–H and O–H groups in total. The lowest BCUT2D eigenvalue weighted by molar-refractivity contribution is -0.140. The summed E-state index contributed by atoms with van der Waals surface area (Å²) in [6.45, 7) is 0.353. The van der Waals surface area contributed by atoms with Crippen LogP contribution in [0.25, 0.3) is 0 Å². The third-order valence-corrected chi connectivity index (χ3v) is 2.43. The lowest BCUT2D eigenvalue weighted by atomic mass is 10.1. The SMILES string of the molecule is CCCN(CC(F)(F)F)C(=O)c1ccc(N)c(O)c1. The third kappa shape index (κ3) is 4.35. The second kappa shape index (κ2) is 5.81. The highest BCUT2D eigenvalue weighted by Crippen LogP contribution is 2.23. The number of aromatic hydroxyl groups is 1. The minimum atomic E-state index is -4.46. The summed E-state index contributed by atoms with van der Waals surface area (Å²) < 4.78 is 37.2. The number of phenolic OH excluding ortho intramolecular Hbond substituents is 1. The molecule has 0 spiro atoms. The molecule has 106 valence electrons. The van der Waals surface area contributed by atoms with Crippen LogP contribution in [0.3, 0.4) is 0 Å². The minimum absolute atomic E-state index is 0.0104. The van der Waals surface area contributed by atoms with Crippen molar-refractivity contribution in [1.29, 1.82) is 0 Å². The van der Waals surface area contributed by atoms with Crippen LogP contribution in [0.5, 0.6) is 5.75 Å². The Morgan fingerprint density at radius 1 is 1.42 bits per heavy atom. The summed E-state index contributed by atoms with van der Waals surface area (Å²) >= 11 is 0. The fraction of sp³-hybridized carbons (Fsp3) is 0.417. The van der Waals surface area contributed by atoms with Crippen molar-refractivity contribution < 1.29 is 23.1 Å². The monoisotopic (exact) mass is 276 g/mol. The van der Waals surface area contributed by atoms with Crippen molar-refractivity contribution in [2.75, 3.05) is 18.8 Å². The van der Waals surface area contributed by atoms with E-state index in [0.717, 1.165) is 6.07 Å².